The van der Waals surface area contributed by atoms with Crippen LogP contribution >= 0.6 is 11.8 Å². The number of carbonyl (C=O) groups excluding carboxylic acids is 2. The van der Waals surface area contributed by atoms with Crippen molar-refractivity contribution in [3.63, 3.8) is 0 Å². The van der Waals surface area contributed by atoms with Crippen molar-refractivity contribution in [3.05, 3.63) is 5.82 Å². The minimum atomic E-state index is -0.468. The maximum absolute atomic E-state index is 11.6. The number of nitrogens with two attached hydrogens (primary N) is 1. The molecule has 0 saturated carbocycles. The molecule has 1 aromatic heterocycles. The summed E-state index contributed by atoms with van der Waals surface area (Å²) >= 11 is 1.20. The topological polar surface area (TPSA) is 115 Å². The molecule has 1 rings (SSSR count). The van der Waals surface area contributed by atoms with Crippen LogP contribution in [0.4, 0.5) is 4.79 Å². The van der Waals surface area contributed by atoms with E-state index in [-0.39, 0.29) is 18.2 Å². The highest BCUT2D eigenvalue weighted by atomic mass is 32.2. The van der Waals surface area contributed by atoms with Crippen LogP contribution in [0, 0.1) is 0 Å². The molecular weight excluding hydrogens is 280 g/mol. The summed E-state index contributed by atoms with van der Waals surface area (Å²) in [5.74, 6) is 0.365. The zero-order chi connectivity index (χ0) is 15.0. The number of hydrogen-bond donors (Lipinski definition) is 3. The van der Waals surface area contributed by atoms with Gasteiger partial charge in [-0.25, -0.2) is 4.79 Å². The van der Waals surface area contributed by atoms with Gasteiger partial charge in [-0.3, -0.25) is 10.1 Å². The van der Waals surface area contributed by atoms with E-state index >= 15 is 0 Å². The van der Waals surface area contributed by atoms with Crippen LogP contribution in [0.25, 0.3) is 0 Å². The Bertz CT molecular complexity index is 462. The Hall–Kier alpha value is -1.61. The summed E-state index contributed by atoms with van der Waals surface area (Å²) in [5.41, 5.74) is 5.48. The number of rotatable bonds is 7. The Labute approximate surface area is 121 Å². The Morgan fingerprint density at radius 2 is 2.15 bits per heavy atom. The van der Waals surface area contributed by atoms with Crippen molar-refractivity contribution >= 4 is 23.7 Å². The largest absolute Gasteiger partial charge is 0.338 e. The number of nitrogens with zero attached hydrogens (tertiary/aromatic N) is 3. The van der Waals surface area contributed by atoms with Gasteiger partial charge in [0.25, 0.3) is 0 Å². The average molecular weight is 300 g/mol. The van der Waals surface area contributed by atoms with Crippen LogP contribution in [0.3, 0.4) is 0 Å². The molecule has 0 atom stereocenters. The van der Waals surface area contributed by atoms with Gasteiger partial charge in [0.05, 0.1) is 12.3 Å². The Morgan fingerprint density at radius 1 is 1.40 bits per heavy atom. The number of carbonyl (C=O) groups is 2. The number of imide groups is 1. The number of unbranched alkanes of at least 4 members (excludes halogenated alkanes) is 1. The fourth-order valence-corrected chi connectivity index (χ4v) is 2.09. The second-order valence-electron chi connectivity index (χ2n) is 4.11. The van der Waals surface area contributed by atoms with Crippen LogP contribution in [-0.4, -0.2) is 39.0 Å². The maximum Gasteiger partial charge on any atom is 0.321 e. The third-order valence-electron chi connectivity index (χ3n) is 2.51. The van der Waals surface area contributed by atoms with Gasteiger partial charge >= 0.3 is 6.03 Å². The van der Waals surface area contributed by atoms with Gasteiger partial charge in [-0.05, 0) is 6.42 Å². The molecule has 1 heterocycles. The molecule has 3 amide bonds. The predicted molar refractivity (Wildman–Crippen MR) is 76.1 cm³/mol. The van der Waals surface area contributed by atoms with Gasteiger partial charge in [-0.15, -0.1) is 10.2 Å². The quantitative estimate of drug-likeness (QED) is 0.482. The lowest BCUT2D eigenvalue weighted by atomic mass is 10.3. The predicted octanol–water partition coefficient (Wildman–Crippen LogP) is -0.00820. The summed E-state index contributed by atoms with van der Waals surface area (Å²) in [6, 6.07) is -0.468. The van der Waals surface area contributed by atoms with Crippen LogP contribution in [0.5, 0.6) is 0 Å². The average Bonchev–Trinajstić information content (AvgIpc) is 2.77. The molecule has 0 radical (unpaired) electrons. The van der Waals surface area contributed by atoms with Crippen molar-refractivity contribution in [2.75, 3.05) is 12.3 Å². The first-order valence-electron chi connectivity index (χ1n) is 6.37. The lowest BCUT2D eigenvalue weighted by Gasteiger charge is -2.06. The molecule has 9 heteroatoms. The van der Waals surface area contributed by atoms with E-state index in [0.717, 1.165) is 12.8 Å². The first kappa shape index (κ1) is 16.4. The molecule has 1 aromatic rings. The zero-order valence-corrected chi connectivity index (χ0v) is 12.5. The summed E-state index contributed by atoms with van der Waals surface area (Å²) in [5, 5.41) is 13.2. The van der Waals surface area contributed by atoms with Gasteiger partial charge in [0.1, 0.15) is 5.82 Å². The molecule has 0 aliphatic heterocycles. The van der Waals surface area contributed by atoms with E-state index < -0.39 is 6.03 Å². The first-order chi connectivity index (χ1) is 9.58. The van der Waals surface area contributed by atoms with Crippen LogP contribution in [0.1, 0.15) is 25.6 Å². The standard InChI is InChI=1S/C11H20N6O2S/c1-3-4-5-13-10(19)14-9(18)7-20-11-16-15-8(6-12)17(11)2/h3-7,12H2,1-2H3,(H2,13,14,18,19). The minimum absolute atomic E-state index is 0.0950. The number of aromatic nitrogens is 3. The SMILES string of the molecule is CCCCNC(=O)NC(=O)CSc1nnc(CN)n1C. The van der Waals surface area contributed by atoms with E-state index in [1.807, 2.05) is 6.92 Å². The highest BCUT2D eigenvalue weighted by Crippen LogP contribution is 2.14. The number of amides is 3. The van der Waals surface area contributed by atoms with Crippen molar-refractivity contribution in [2.24, 2.45) is 12.8 Å². The fourth-order valence-electron chi connectivity index (χ4n) is 1.36. The monoisotopic (exact) mass is 300 g/mol. The van der Waals surface area contributed by atoms with Gasteiger partial charge in [0, 0.05) is 13.6 Å². The van der Waals surface area contributed by atoms with Crippen molar-refractivity contribution in [1.29, 1.82) is 0 Å². The Balaban J connectivity index is 2.32. The van der Waals surface area contributed by atoms with Crippen LogP contribution < -0.4 is 16.4 Å². The minimum Gasteiger partial charge on any atom is -0.338 e. The van der Waals surface area contributed by atoms with Crippen molar-refractivity contribution in [3.8, 4) is 0 Å². The molecule has 20 heavy (non-hydrogen) atoms. The molecule has 0 aromatic carbocycles. The second kappa shape index (κ2) is 8.54. The zero-order valence-electron chi connectivity index (χ0n) is 11.7. The van der Waals surface area contributed by atoms with E-state index in [2.05, 4.69) is 20.8 Å². The lowest BCUT2D eigenvalue weighted by Crippen LogP contribution is -2.40. The van der Waals surface area contributed by atoms with E-state index in [0.29, 0.717) is 17.5 Å². The molecule has 0 spiro atoms. The lowest BCUT2D eigenvalue weighted by molar-refractivity contribution is -0.117. The molecule has 4 N–H and O–H groups in total. The molecular formula is C11H20N6O2S. The third-order valence-corrected chi connectivity index (χ3v) is 3.53. The van der Waals surface area contributed by atoms with Gasteiger partial charge in [-0.1, -0.05) is 25.1 Å². The van der Waals surface area contributed by atoms with Gasteiger partial charge in [-0.2, -0.15) is 0 Å². The fraction of sp³-hybridized carbons (Fsp3) is 0.636. The van der Waals surface area contributed by atoms with Gasteiger partial charge in [0.2, 0.25) is 5.91 Å². The van der Waals surface area contributed by atoms with E-state index in [1.54, 1.807) is 11.6 Å². The van der Waals surface area contributed by atoms with E-state index in [1.165, 1.54) is 11.8 Å². The summed E-state index contributed by atoms with van der Waals surface area (Å²) in [7, 11) is 1.78. The Morgan fingerprint density at radius 3 is 2.75 bits per heavy atom. The van der Waals surface area contributed by atoms with Gasteiger partial charge in [0.15, 0.2) is 5.16 Å². The van der Waals surface area contributed by atoms with Crippen LogP contribution in [-0.2, 0) is 18.4 Å². The number of thioether (sulfide) groups is 1. The molecule has 0 aliphatic rings. The third kappa shape index (κ3) is 5.17. The molecule has 0 bridgehead atoms. The molecule has 8 nitrogen and oxygen atoms in total. The number of urea groups is 1. The summed E-state index contributed by atoms with van der Waals surface area (Å²) in [4.78, 5) is 22.9. The molecule has 0 saturated heterocycles. The molecule has 0 aliphatic carbocycles. The highest BCUT2D eigenvalue weighted by molar-refractivity contribution is 7.99. The van der Waals surface area contributed by atoms with Crippen molar-refractivity contribution < 1.29 is 9.59 Å². The van der Waals surface area contributed by atoms with Crippen LogP contribution in [0.15, 0.2) is 5.16 Å². The first-order valence-corrected chi connectivity index (χ1v) is 7.35. The number of nitrogens with one attached hydrogen (secondary N) is 2. The van der Waals surface area contributed by atoms with Crippen LogP contribution in [0.2, 0.25) is 0 Å². The van der Waals surface area contributed by atoms with Crippen molar-refractivity contribution in [2.45, 2.75) is 31.5 Å². The smallest absolute Gasteiger partial charge is 0.321 e. The van der Waals surface area contributed by atoms with Gasteiger partial charge < -0.3 is 15.6 Å². The summed E-state index contributed by atoms with van der Waals surface area (Å²) in [6.45, 7) is 2.87. The maximum atomic E-state index is 11.6. The Kier molecular flexibility index (Phi) is 7.02. The number of hydrogen-bond acceptors (Lipinski definition) is 6. The highest BCUT2D eigenvalue weighted by Gasteiger charge is 2.12. The summed E-state index contributed by atoms with van der Waals surface area (Å²) < 4.78 is 1.72. The molecule has 0 fully saturated rings. The van der Waals surface area contributed by atoms with E-state index in [9.17, 15) is 9.59 Å². The second-order valence-corrected chi connectivity index (χ2v) is 5.05. The van der Waals surface area contributed by atoms with Crippen molar-refractivity contribution in [1.82, 2.24) is 25.4 Å². The molecule has 112 valence electrons. The molecule has 0 unspecified atom stereocenters. The normalized spacial score (nSPS) is 10.3. The van der Waals surface area contributed by atoms with E-state index in [4.69, 9.17) is 5.73 Å². The summed E-state index contributed by atoms with van der Waals surface area (Å²) in [6.07, 6.45) is 1.87.